The van der Waals surface area contributed by atoms with Crippen LogP contribution in [-0.2, 0) is 0 Å². The molecule has 1 aromatic rings. The number of likely N-dealkylation sites (tertiary alicyclic amines) is 1. The van der Waals surface area contributed by atoms with Crippen molar-refractivity contribution in [3.63, 3.8) is 0 Å². The molecular weight excluding hydrogens is 264 g/mol. The van der Waals surface area contributed by atoms with E-state index in [1.54, 1.807) is 12.1 Å². The van der Waals surface area contributed by atoms with E-state index in [1.807, 2.05) is 13.0 Å². The second-order valence-corrected chi connectivity index (χ2v) is 6.49. The molecule has 2 saturated heterocycles. The highest BCUT2D eigenvalue weighted by atomic mass is 16.4. The smallest absolute Gasteiger partial charge is 0.335 e. The molecule has 1 aromatic carbocycles. The van der Waals surface area contributed by atoms with E-state index < -0.39 is 5.97 Å². The third kappa shape index (κ3) is 2.77. The average molecular weight is 288 g/mol. The lowest BCUT2D eigenvalue weighted by atomic mass is 9.84. The Morgan fingerprint density at radius 2 is 2.10 bits per heavy atom. The number of piperidine rings is 2. The second kappa shape index (κ2) is 5.68. The number of hydrogen-bond acceptors (Lipinski definition) is 3. The highest BCUT2D eigenvalue weighted by Crippen LogP contribution is 2.33. The summed E-state index contributed by atoms with van der Waals surface area (Å²) in [5, 5.41) is 9.07. The van der Waals surface area contributed by atoms with Crippen LogP contribution in [0, 0.1) is 12.8 Å². The zero-order valence-corrected chi connectivity index (χ0v) is 12.9. The quantitative estimate of drug-likeness (QED) is 0.908. The average Bonchev–Trinajstić information content (AvgIpc) is 2.47. The molecule has 114 valence electrons. The molecule has 21 heavy (non-hydrogen) atoms. The summed E-state index contributed by atoms with van der Waals surface area (Å²) in [6.07, 6.45) is 3.82. The molecule has 2 unspecified atom stereocenters. The Labute approximate surface area is 126 Å². The highest BCUT2D eigenvalue weighted by Gasteiger charge is 2.34. The van der Waals surface area contributed by atoms with E-state index in [9.17, 15) is 4.79 Å². The molecule has 2 aliphatic rings. The summed E-state index contributed by atoms with van der Waals surface area (Å²) in [6, 6.07) is 6.22. The van der Waals surface area contributed by atoms with Gasteiger partial charge in [-0.1, -0.05) is 0 Å². The Kier molecular flexibility index (Phi) is 3.89. The van der Waals surface area contributed by atoms with Gasteiger partial charge in [0, 0.05) is 24.8 Å². The number of carboxylic acids is 1. The van der Waals surface area contributed by atoms with Crippen LogP contribution in [0.4, 0.5) is 5.69 Å². The van der Waals surface area contributed by atoms with Gasteiger partial charge in [-0.25, -0.2) is 4.79 Å². The van der Waals surface area contributed by atoms with E-state index in [1.165, 1.54) is 31.5 Å². The molecule has 0 aliphatic carbocycles. The number of hydrogen-bond donors (Lipinski definition) is 1. The van der Waals surface area contributed by atoms with Crippen molar-refractivity contribution in [3.05, 3.63) is 29.3 Å². The molecule has 0 spiro atoms. The summed E-state index contributed by atoms with van der Waals surface area (Å²) in [5.41, 5.74) is 2.65. The van der Waals surface area contributed by atoms with Crippen LogP contribution in [0.1, 0.15) is 35.2 Å². The van der Waals surface area contributed by atoms with Crippen molar-refractivity contribution in [1.82, 2.24) is 4.90 Å². The number of fused-ring (bicyclic) bond motifs is 1. The third-order valence-electron chi connectivity index (χ3n) is 5.13. The highest BCUT2D eigenvalue weighted by molar-refractivity contribution is 5.88. The molecule has 2 fully saturated rings. The molecule has 1 N–H and O–H groups in total. The number of nitrogens with zero attached hydrogens (tertiary/aromatic N) is 2. The molecule has 3 rings (SSSR count). The summed E-state index contributed by atoms with van der Waals surface area (Å²) in [7, 11) is 2.25. The van der Waals surface area contributed by atoms with E-state index >= 15 is 0 Å². The van der Waals surface area contributed by atoms with Crippen LogP contribution in [-0.4, -0.2) is 48.7 Å². The van der Waals surface area contributed by atoms with Gasteiger partial charge in [-0.2, -0.15) is 0 Å². The molecule has 4 heteroatoms. The first-order chi connectivity index (χ1) is 10.1. The first-order valence-electron chi connectivity index (χ1n) is 7.85. The first-order valence-corrected chi connectivity index (χ1v) is 7.85. The maximum Gasteiger partial charge on any atom is 0.335 e. The van der Waals surface area contributed by atoms with Crippen LogP contribution in [0.3, 0.4) is 0 Å². The summed E-state index contributed by atoms with van der Waals surface area (Å²) >= 11 is 0. The van der Waals surface area contributed by atoms with E-state index in [2.05, 4.69) is 16.8 Å². The summed E-state index contributed by atoms with van der Waals surface area (Å²) < 4.78 is 0. The lowest BCUT2D eigenvalue weighted by Crippen LogP contribution is -2.52. The molecule has 0 aromatic heterocycles. The molecular formula is C17H24N2O2. The van der Waals surface area contributed by atoms with Crippen LogP contribution in [0.2, 0.25) is 0 Å². The molecule has 2 aliphatic heterocycles. The minimum Gasteiger partial charge on any atom is -0.478 e. The van der Waals surface area contributed by atoms with Crippen molar-refractivity contribution in [2.75, 3.05) is 31.6 Å². The number of benzene rings is 1. The number of aryl methyl sites for hydroxylation is 1. The van der Waals surface area contributed by atoms with Gasteiger partial charge in [-0.15, -0.1) is 0 Å². The van der Waals surface area contributed by atoms with Crippen molar-refractivity contribution < 1.29 is 9.90 Å². The van der Waals surface area contributed by atoms with Gasteiger partial charge in [0.05, 0.1) is 5.56 Å². The summed E-state index contributed by atoms with van der Waals surface area (Å²) in [6.45, 7) is 5.41. The number of anilines is 1. The molecule has 0 bridgehead atoms. The molecule has 4 nitrogen and oxygen atoms in total. The topological polar surface area (TPSA) is 43.8 Å². The van der Waals surface area contributed by atoms with Crippen molar-refractivity contribution in [2.45, 2.75) is 32.2 Å². The van der Waals surface area contributed by atoms with Gasteiger partial charge in [0.2, 0.25) is 0 Å². The minimum absolute atomic E-state index is 0.378. The Morgan fingerprint density at radius 3 is 2.81 bits per heavy atom. The van der Waals surface area contributed by atoms with Crippen LogP contribution >= 0.6 is 0 Å². The Bertz CT molecular complexity index is 544. The standard InChI is InChI=1S/C17H24N2O2/c1-12-10-13(17(20)21)5-6-15(12)19-9-7-16-14(11-19)4-3-8-18(16)2/h5-6,10,14,16H,3-4,7-9,11H2,1-2H3,(H,20,21). The Morgan fingerprint density at radius 1 is 1.29 bits per heavy atom. The monoisotopic (exact) mass is 288 g/mol. The third-order valence-corrected chi connectivity index (χ3v) is 5.13. The summed E-state index contributed by atoms with van der Waals surface area (Å²) in [4.78, 5) is 16.0. The van der Waals surface area contributed by atoms with Crippen LogP contribution in [0.25, 0.3) is 0 Å². The van der Waals surface area contributed by atoms with E-state index in [4.69, 9.17) is 5.11 Å². The van der Waals surface area contributed by atoms with Gasteiger partial charge in [0.25, 0.3) is 0 Å². The maximum absolute atomic E-state index is 11.0. The Hall–Kier alpha value is -1.55. The van der Waals surface area contributed by atoms with E-state index in [-0.39, 0.29) is 0 Å². The number of aromatic carboxylic acids is 1. The largest absolute Gasteiger partial charge is 0.478 e. The van der Waals surface area contributed by atoms with Gasteiger partial charge in [-0.05, 0) is 69.5 Å². The van der Waals surface area contributed by atoms with Crippen LogP contribution < -0.4 is 4.90 Å². The number of carboxylic acid groups (broad SMARTS) is 1. The molecule has 2 atom stereocenters. The SMILES string of the molecule is Cc1cc(C(=O)O)ccc1N1CCC2C(CCCN2C)C1. The van der Waals surface area contributed by atoms with Gasteiger partial charge in [0.15, 0.2) is 0 Å². The molecule has 0 amide bonds. The zero-order valence-electron chi connectivity index (χ0n) is 12.9. The van der Waals surface area contributed by atoms with Gasteiger partial charge in [-0.3, -0.25) is 0 Å². The fourth-order valence-corrected chi connectivity index (χ4v) is 4.01. The van der Waals surface area contributed by atoms with Crippen molar-refractivity contribution in [3.8, 4) is 0 Å². The van der Waals surface area contributed by atoms with Crippen LogP contribution in [0.5, 0.6) is 0 Å². The Balaban J connectivity index is 1.78. The number of carbonyl (C=O) groups is 1. The predicted octanol–water partition coefficient (Wildman–Crippen LogP) is 2.61. The van der Waals surface area contributed by atoms with Crippen molar-refractivity contribution >= 4 is 11.7 Å². The van der Waals surface area contributed by atoms with Crippen molar-refractivity contribution in [2.24, 2.45) is 5.92 Å². The van der Waals surface area contributed by atoms with Gasteiger partial charge in [0.1, 0.15) is 0 Å². The van der Waals surface area contributed by atoms with E-state index in [0.717, 1.165) is 30.6 Å². The summed E-state index contributed by atoms with van der Waals surface area (Å²) in [5.74, 6) is -0.103. The first kappa shape index (κ1) is 14.4. The van der Waals surface area contributed by atoms with E-state index in [0.29, 0.717) is 5.56 Å². The maximum atomic E-state index is 11.0. The second-order valence-electron chi connectivity index (χ2n) is 6.49. The normalized spacial score (nSPS) is 26.5. The zero-order chi connectivity index (χ0) is 15.0. The van der Waals surface area contributed by atoms with Gasteiger partial charge < -0.3 is 14.9 Å². The van der Waals surface area contributed by atoms with Crippen LogP contribution in [0.15, 0.2) is 18.2 Å². The fourth-order valence-electron chi connectivity index (χ4n) is 4.01. The lowest BCUT2D eigenvalue weighted by Gasteiger charge is -2.47. The van der Waals surface area contributed by atoms with Crippen molar-refractivity contribution in [1.29, 1.82) is 0 Å². The minimum atomic E-state index is -0.850. The lowest BCUT2D eigenvalue weighted by molar-refractivity contribution is 0.0697. The number of rotatable bonds is 2. The molecule has 2 heterocycles. The molecule has 0 radical (unpaired) electrons. The molecule has 0 saturated carbocycles. The fraction of sp³-hybridized carbons (Fsp3) is 0.588. The van der Waals surface area contributed by atoms with Gasteiger partial charge >= 0.3 is 5.97 Å². The predicted molar refractivity (Wildman–Crippen MR) is 84.1 cm³/mol.